The largest absolute Gasteiger partial charge is 0.360 e. The van der Waals surface area contributed by atoms with Crippen molar-refractivity contribution in [3.8, 4) is 0 Å². The van der Waals surface area contributed by atoms with Gasteiger partial charge in [-0.15, -0.1) is 0 Å². The van der Waals surface area contributed by atoms with E-state index in [1.807, 2.05) is 18.7 Å². The molecule has 7 nitrogen and oxygen atoms in total. The Hall–Kier alpha value is -1.89. The van der Waals surface area contributed by atoms with Gasteiger partial charge in [-0.3, -0.25) is 14.5 Å². The summed E-state index contributed by atoms with van der Waals surface area (Å²) in [6, 6.07) is 1.77. The summed E-state index contributed by atoms with van der Waals surface area (Å²) in [6.07, 6.45) is 4.81. The van der Waals surface area contributed by atoms with Crippen LogP contribution in [-0.4, -0.2) is 77.0 Å². The molecule has 0 aromatic carbocycles. The molecule has 2 amide bonds. The number of hydrogen-bond donors (Lipinski definition) is 0. The zero-order chi connectivity index (χ0) is 19.9. The van der Waals surface area contributed by atoms with Crippen LogP contribution in [0.4, 0.5) is 0 Å². The standard InChI is InChI=1S/C21H32N4O3/c1-15(2)18-12-17(22-28-18)20(27)25-11-10-23(3)21(14-25)7-6-19(26)24(9-8-21)13-16-4-5-16/h12,15-16H,4-11,13-14H2,1-3H3/t21-/m0/s1. The molecule has 3 heterocycles. The second kappa shape index (κ2) is 7.50. The summed E-state index contributed by atoms with van der Waals surface area (Å²) in [4.78, 5) is 32.0. The van der Waals surface area contributed by atoms with Crippen LogP contribution in [0, 0.1) is 5.92 Å². The molecular weight excluding hydrogens is 356 g/mol. The lowest BCUT2D eigenvalue weighted by Gasteiger charge is -2.49. The quantitative estimate of drug-likeness (QED) is 0.792. The molecule has 0 bridgehead atoms. The van der Waals surface area contributed by atoms with E-state index in [4.69, 9.17) is 4.52 Å². The maximum absolute atomic E-state index is 13.0. The van der Waals surface area contributed by atoms with Crippen molar-refractivity contribution >= 4 is 11.8 Å². The van der Waals surface area contributed by atoms with E-state index < -0.39 is 0 Å². The van der Waals surface area contributed by atoms with Gasteiger partial charge in [0, 0.05) is 56.7 Å². The Balaban J connectivity index is 1.47. The smallest absolute Gasteiger partial charge is 0.276 e. The molecule has 1 atom stereocenters. The predicted octanol–water partition coefficient (Wildman–Crippen LogP) is 2.35. The van der Waals surface area contributed by atoms with E-state index in [9.17, 15) is 9.59 Å². The molecule has 0 unspecified atom stereocenters. The van der Waals surface area contributed by atoms with Crippen molar-refractivity contribution in [2.45, 2.75) is 57.4 Å². The molecule has 2 aliphatic heterocycles. The third-order valence-corrected chi connectivity index (χ3v) is 6.78. The zero-order valence-corrected chi connectivity index (χ0v) is 17.3. The molecule has 154 valence electrons. The molecule has 1 aromatic rings. The molecule has 1 saturated carbocycles. The fourth-order valence-corrected chi connectivity index (χ4v) is 4.50. The summed E-state index contributed by atoms with van der Waals surface area (Å²) in [5.41, 5.74) is 0.260. The summed E-state index contributed by atoms with van der Waals surface area (Å²) < 4.78 is 5.33. The zero-order valence-electron chi connectivity index (χ0n) is 17.3. The molecule has 0 radical (unpaired) electrons. The summed E-state index contributed by atoms with van der Waals surface area (Å²) in [5, 5.41) is 4.01. The number of rotatable bonds is 4. The van der Waals surface area contributed by atoms with Crippen molar-refractivity contribution < 1.29 is 14.1 Å². The Labute approximate surface area is 167 Å². The fourth-order valence-electron chi connectivity index (χ4n) is 4.50. The first-order valence-electron chi connectivity index (χ1n) is 10.6. The number of aromatic nitrogens is 1. The monoisotopic (exact) mass is 388 g/mol. The van der Waals surface area contributed by atoms with Crippen LogP contribution in [0.25, 0.3) is 0 Å². The first kappa shape index (κ1) is 19.4. The number of hydrogen-bond acceptors (Lipinski definition) is 5. The van der Waals surface area contributed by atoms with E-state index in [2.05, 4.69) is 22.0 Å². The molecule has 1 aromatic heterocycles. The van der Waals surface area contributed by atoms with Gasteiger partial charge in [0.05, 0.1) is 0 Å². The maximum atomic E-state index is 13.0. The summed E-state index contributed by atoms with van der Waals surface area (Å²) in [6.45, 7) is 7.90. The van der Waals surface area contributed by atoms with Crippen LogP contribution in [-0.2, 0) is 4.79 Å². The molecule has 1 aliphatic carbocycles. The van der Waals surface area contributed by atoms with Gasteiger partial charge in [0.2, 0.25) is 5.91 Å². The number of likely N-dealkylation sites (N-methyl/N-ethyl adjacent to an activating group) is 1. The van der Waals surface area contributed by atoms with Crippen molar-refractivity contribution in [1.82, 2.24) is 19.9 Å². The average Bonchev–Trinajstić information content (AvgIpc) is 3.38. The van der Waals surface area contributed by atoms with Crippen molar-refractivity contribution in [2.75, 3.05) is 39.8 Å². The van der Waals surface area contributed by atoms with Crippen LogP contribution in [0.1, 0.15) is 68.1 Å². The van der Waals surface area contributed by atoms with E-state index in [0.29, 0.717) is 31.1 Å². The first-order valence-corrected chi connectivity index (χ1v) is 10.6. The maximum Gasteiger partial charge on any atom is 0.276 e. The van der Waals surface area contributed by atoms with E-state index >= 15 is 0 Å². The lowest BCUT2D eigenvalue weighted by molar-refractivity contribution is -0.130. The summed E-state index contributed by atoms with van der Waals surface area (Å²) in [5.74, 6) is 1.87. The first-order chi connectivity index (χ1) is 13.4. The number of carbonyl (C=O) groups is 2. The highest BCUT2D eigenvalue weighted by Gasteiger charge is 2.44. The Morgan fingerprint density at radius 3 is 2.75 bits per heavy atom. The third kappa shape index (κ3) is 3.81. The van der Waals surface area contributed by atoms with Gasteiger partial charge in [0.25, 0.3) is 5.91 Å². The average molecular weight is 389 g/mol. The second-order valence-electron chi connectivity index (χ2n) is 9.17. The van der Waals surface area contributed by atoms with E-state index in [1.54, 1.807) is 6.07 Å². The lowest BCUT2D eigenvalue weighted by atomic mass is 9.86. The molecule has 7 heteroatoms. The number of amides is 2. The lowest BCUT2D eigenvalue weighted by Crippen LogP contribution is -2.62. The van der Waals surface area contributed by atoms with Crippen LogP contribution in [0.3, 0.4) is 0 Å². The Kier molecular flexibility index (Phi) is 5.21. The van der Waals surface area contributed by atoms with Crippen LogP contribution < -0.4 is 0 Å². The van der Waals surface area contributed by atoms with Gasteiger partial charge in [0.15, 0.2) is 5.69 Å². The van der Waals surface area contributed by atoms with Crippen molar-refractivity contribution in [3.63, 3.8) is 0 Å². The number of nitrogens with zero attached hydrogens (tertiary/aromatic N) is 4. The molecule has 1 spiro atoms. The minimum absolute atomic E-state index is 0.0615. The van der Waals surface area contributed by atoms with Gasteiger partial charge >= 0.3 is 0 Å². The molecule has 2 saturated heterocycles. The van der Waals surface area contributed by atoms with Gasteiger partial charge in [-0.05, 0) is 38.6 Å². The van der Waals surface area contributed by atoms with Crippen LogP contribution in [0.2, 0.25) is 0 Å². The highest BCUT2D eigenvalue weighted by atomic mass is 16.5. The van der Waals surface area contributed by atoms with Crippen LogP contribution in [0.5, 0.6) is 0 Å². The molecule has 0 N–H and O–H groups in total. The molecule has 3 fully saturated rings. The van der Waals surface area contributed by atoms with E-state index in [0.717, 1.165) is 38.2 Å². The third-order valence-electron chi connectivity index (χ3n) is 6.78. The topological polar surface area (TPSA) is 69.9 Å². The Morgan fingerprint density at radius 1 is 1.29 bits per heavy atom. The normalized spacial score (nSPS) is 26.9. The van der Waals surface area contributed by atoms with Crippen molar-refractivity contribution in [1.29, 1.82) is 0 Å². The van der Waals surface area contributed by atoms with Crippen LogP contribution >= 0.6 is 0 Å². The number of piperazine rings is 1. The summed E-state index contributed by atoms with van der Waals surface area (Å²) >= 11 is 0. The highest BCUT2D eigenvalue weighted by molar-refractivity contribution is 5.92. The van der Waals surface area contributed by atoms with Crippen LogP contribution in [0.15, 0.2) is 10.6 Å². The second-order valence-corrected chi connectivity index (χ2v) is 9.17. The van der Waals surface area contributed by atoms with E-state index in [1.165, 1.54) is 12.8 Å². The van der Waals surface area contributed by atoms with Gasteiger partial charge in [0.1, 0.15) is 5.76 Å². The molecule has 3 aliphatic rings. The van der Waals surface area contributed by atoms with Gasteiger partial charge in [-0.25, -0.2) is 0 Å². The summed E-state index contributed by atoms with van der Waals surface area (Å²) in [7, 11) is 2.13. The molecule has 28 heavy (non-hydrogen) atoms. The number of likely N-dealkylation sites (tertiary alicyclic amines) is 1. The Morgan fingerprint density at radius 2 is 2.07 bits per heavy atom. The van der Waals surface area contributed by atoms with E-state index in [-0.39, 0.29) is 23.3 Å². The minimum Gasteiger partial charge on any atom is -0.360 e. The minimum atomic E-state index is -0.132. The van der Waals surface area contributed by atoms with Crippen molar-refractivity contribution in [2.24, 2.45) is 5.92 Å². The molecular formula is C21H32N4O3. The molecule has 4 rings (SSSR count). The number of carbonyl (C=O) groups excluding carboxylic acids is 2. The SMILES string of the molecule is CC(C)c1cc(C(=O)N2CCN(C)[C@]3(CCC(=O)N(CC4CC4)CC3)C2)no1. The highest BCUT2D eigenvalue weighted by Crippen LogP contribution is 2.35. The predicted molar refractivity (Wildman–Crippen MR) is 105 cm³/mol. The Bertz CT molecular complexity index is 742. The fraction of sp³-hybridized carbons (Fsp3) is 0.762. The van der Waals surface area contributed by atoms with Gasteiger partial charge in [-0.2, -0.15) is 0 Å². The van der Waals surface area contributed by atoms with Crippen molar-refractivity contribution in [3.05, 3.63) is 17.5 Å². The van der Waals surface area contributed by atoms with Gasteiger partial charge in [-0.1, -0.05) is 19.0 Å². The van der Waals surface area contributed by atoms with Gasteiger partial charge < -0.3 is 14.3 Å².